The van der Waals surface area contributed by atoms with Crippen molar-refractivity contribution in [2.24, 2.45) is 7.05 Å². The highest BCUT2D eigenvalue weighted by Crippen LogP contribution is 2.38. The number of piperidine rings is 1. The molecular formula is C22H30N2O3. The summed E-state index contributed by atoms with van der Waals surface area (Å²) in [5.74, 6) is 0.185. The minimum Gasteiger partial charge on any atom is -0.393 e. The van der Waals surface area contributed by atoms with Crippen LogP contribution in [0.4, 0.5) is 0 Å². The van der Waals surface area contributed by atoms with Gasteiger partial charge in [-0.25, -0.2) is 0 Å². The Morgan fingerprint density at radius 3 is 2.78 bits per heavy atom. The lowest BCUT2D eigenvalue weighted by Crippen LogP contribution is -2.53. The second-order valence-electron chi connectivity index (χ2n) is 8.26. The normalized spacial score (nSPS) is 25.2. The van der Waals surface area contributed by atoms with E-state index in [1.807, 2.05) is 24.1 Å². The largest absolute Gasteiger partial charge is 0.393 e. The Hall–Kier alpha value is -1.85. The molecule has 27 heavy (non-hydrogen) atoms. The Labute approximate surface area is 160 Å². The SMILES string of the molecule is CC[C@H]1C[C@@H](O)CC2(CCN(C(=O)Cc3cn(C)c4ccccc34)CC2)O1. The van der Waals surface area contributed by atoms with Crippen LogP contribution in [-0.4, -0.2) is 51.4 Å². The van der Waals surface area contributed by atoms with Crippen molar-refractivity contribution in [3.63, 3.8) is 0 Å². The lowest BCUT2D eigenvalue weighted by atomic mass is 9.81. The van der Waals surface area contributed by atoms with E-state index < -0.39 is 0 Å². The van der Waals surface area contributed by atoms with E-state index in [4.69, 9.17) is 4.74 Å². The zero-order valence-corrected chi connectivity index (χ0v) is 16.4. The van der Waals surface area contributed by atoms with E-state index in [1.165, 1.54) is 0 Å². The minimum atomic E-state index is -0.276. The second-order valence-corrected chi connectivity index (χ2v) is 8.26. The number of hydrogen-bond acceptors (Lipinski definition) is 3. The number of aliphatic hydroxyl groups excluding tert-OH is 1. The third kappa shape index (κ3) is 3.63. The topological polar surface area (TPSA) is 54.7 Å². The van der Waals surface area contributed by atoms with Crippen LogP contribution in [0.5, 0.6) is 0 Å². The molecular weight excluding hydrogens is 340 g/mol. The summed E-state index contributed by atoms with van der Waals surface area (Å²) in [5.41, 5.74) is 2.01. The molecule has 2 fully saturated rings. The lowest BCUT2D eigenvalue weighted by molar-refractivity contribution is -0.183. The molecule has 1 spiro atoms. The second kappa shape index (κ2) is 7.28. The van der Waals surface area contributed by atoms with Crippen LogP contribution in [0, 0.1) is 0 Å². The molecule has 1 N–H and O–H groups in total. The molecule has 5 heteroatoms. The number of para-hydroxylation sites is 1. The van der Waals surface area contributed by atoms with Crippen LogP contribution in [-0.2, 0) is 23.0 Å². The van der Waals surface area contributed by atoms with Crippen molar-refractivity contribution in [2.45, 2.75) is 63.3 Å². The number of aromatic nitrogens is 1. The highest BCUT2D eigenvalue weighted by molar-refractivity contribution is 5.89. The standard InChI is InChI=1S/C22H30N2O3/c1-3-18-13-17(25)14-22(27-18)8-10-24(11-9-22)21(26)12-16-15-23(2)20-7-5-4-6-19(16)20/h4-7,15,17-18,25H,3,8-14H2,1-2H3/t17-,18+/m1/s1. The van der Waals surface area contributed by atoms with Crippen LogP contribution in [0.15, 0.2) is 30.5 Å². The quantitative estimate of drug-likeness (QED) is 0.904. The molecule has 1 aromatic heterocycles. The van der Waals surface area contributed by atoms with Crippen molar-refractivity contribution < 1.29 is 14.6 Å². The number of hydrogen-bond donors (Lipinski definition) is 1. The Kier molecular flexibility index (Phi) is 4.99. The summed E-state index contributed by atoms with van der Waals surface area (Å²) in [7, 11) is 2.02. The molecule has 146 valence electrons. The van der Waals surface area contributed by atoms with Crippen LogP contribution in [0.1, 0.15) is 44.6 Å². The maximum atomic E-state index is 12.9. The Bertz CT molecular complexity index is 820. The van der Waals surface area contributed by atoms with Crippen molar-refractivity contribution >= 4 is 16.8 Å². The first-order chi connectivity index (χ1) is 13.0. The van der Waals surface area contributed by atoms with Gasteiger partial charge in [-0.2, -0.15) is 0 Å². The van der Waals surface area contributed by atoms with E-state index in [1.54, 1.807) is 0 Å². The molecule has 3 heterocycles. The number of carbonyl (C=O) groups is 1. The molecule has 2 aromatic rings. The Balaban J connectivity index is 1.41. The van der Waals surface area contributed by atoms with Gasteiger partial charge in [0.1, 0.15) is 0 Å². The third-order valence-corrected chi connectivity index (χ3v) is 6.36. The molecule has 1 aromatic carbocycles. The minimum absolute atomic E-state index is 0.145. The summed E-state index contributed by atoms with van der Waals surface area (Å²) in [4.78, 5) is 14.9. The maximum absolute atomic E-state index is 12.9. The third-order valence-electron chi connectivity index (χ3n) is 6.36. The van der Waals surface area contributed by atoms with E-state index in [0.29, 0.717) is 25.9 Å². The van der Waals surface area contributed by atoms with Crippen LogP contribution in [0.2, 0.25) is 0 Å². The maximum Gasteiger partial charge on any atom is 0.227 e. The number of amides is 1. The summed E-state index contributed by atoms with van der Waals surface area (Å²) in [6, 6.07) is 8.23. The van der Waals surface area contributed by atoms with Crippen LogP contribution in [0.3, 0.4) is 0 Å². The smallest absolute Gasteiger partial charge is 0.227 e. The first-order valence-corrected chi connectivity index (χ1v) is 10.2. The zero-order chi connectivity index (χ0) is 19.0. The molecule has 2 aliphatic rings. The molecule has 0 radical (unpaired) electrons. The molecule has 2 saturated heterocycles. The number of rotatable bonds is 3. The van der Waals surface area contributed by atoms with Crippen LogP contribution < -0.4 is 0 Å². The Morgan fingerprint density at radius 2 is 2.04 bits per heavy atom. The van der Waals surface area contributed by atoms with Gasteiger partial charge in [-0.1, -0.05) is 25.1 Å². The van der Waals surface area contributed by atoms with Gasteiger partial charge in [0.2, 0.25) is 5.91 Å². The average Bonchev–Trinajstić information content (AvgIpc) is 2.97. The molecule has 1 amide bonds. The fourth-order valence-electron chi connectivity index (χ4n) is 4.84. The van der Waals surface area contributed by atoms with Crippen molar-refractivity contribution in [1.29, 1.82) is 0 Å². The number of aryl methyl sites for hydroxylation is 1. The first-order valence-electron chi connectivity index (χ1n) is 10.2. The van der Waals surface area contributed by atoms with Crippen molar-refractivity contribution in [3.8, 4) is 0 Å². The highest BCUT2D eigenvalue weighted by Gasteiger charge is 2.43. The van der Waals surface area contributed by atoms with E-state index in [2.05, 4.69) is 29.8 Å². The van der Waals surface area contributed by atoms with Gasteiger partial charge in [-0.3, -0.25) is 4.79 Å². The molecule has 0 bridgehead atoms. The predicted molar refractivity (Wildman–Crippen MR) is 106 cm³/mol. The van der Waals surface area contributed by atoms with Gasteiger partial charge >= 0.3 is 0 Å². The number of likely N-dealkylation sites (tertiary alicyclic amines) is 1. The Morgan fingerprint density at radius 1 is 1.30 bits per heavy atom. The fraction of sp³-hybridized carbons (Fsp3) is 0.591. The molecule has 0 saturated carbocycles. The van der Waals surface area contributed by atoms with Gasteiger partial charge in [0.15, 0.2) is 0 Å². The number of fused-ring (bicyclic) bond motifs is 1. The first kappa shape index (κ1) is 18.5. The van der Waals surface area contributed by atoms with Crippen molar-refractivity contribution in [1.82, 2.24) is 9.47 Å². The molecule has 0 aliphatic carbocycles. The summed E-state index contributed by atoms with van der Waals surface area (Å²) < 4.78 is 8.43. The van der Waals surface area contributed by atoms with Crippen LogP contribution in [0.25, 0.3) is 10.9 Å². The van der Waals surface area contributed by atoms with Gasteiger partial charge in [0, 0.05) is 43.7 Å². The van der Waals surface area contributed by atoms with Crippen LogP contribution >= 0.6 is 0 Å². The van der Waals surface area contributed by atoms with E-state index in [-0.39, 0.29) is 23.7 Å². The fourth-order valence-corrected chi connectivity index (χ4v) is 4.84. The van der Waals surface area contributed by atoms with Crippen molar-refractivity contribution in [3.05, 3.63) is 36.0 Å². The number of ether oxygens (including phenoxy) is 1. The summed E-state index contributed by atoms with van der Waals surface area (Å²) in [6.07, 6.45) is 6.40. The summed E-state index contributed by atoms with van der Waals surface area (Å²) in [6.45, 7) is 3.54. The van der Waals surface area contributed by atoms with E-state index in [0.717, 1.165) is 42.1 Å². The number of carbonyl (C=O) groups excluding carboxylic acids is 1. The molecule has 2 aliphatic heterocycles. The lowest BCUT2D eigenvalue weighted by Gasteiger charge is -2.47. The van der Waals surface area contributed by atoms with Crippen molar-refractivity contribution in [2.75, 3.05) is 13.1 Å². The van der Waals surface area contributed by atoms with Gasteiger partial charge in [0.25, 0.3) is 0 Å². The number of benzene rings is 1. The monoisotopic (exact) mass is 370 g/mol. The van der Waals surface area contributed by atoms with E-state index >= 15 is 0 Å². The molecule has 0 unspecified atom stereocenters. The van der Waals surface area contributed by atoms with E-state index in [9.17, 15) is 9.90 Å². The molecule has 5 nitrogen and oxygen atoms in total. The average molecular weight is 370 g/mol. The number of aliphatic hydroxyl groups is 1. The van der Waals surface area contributed by atoms with Gasteiger partial charge in [-0.05, 0) is 37.3 Å². The summed E-state index contributed by atoms with van der Waals surface area (Å²) >= 11 is 0. The molecule has 2 atom stereocenters. The highest BCUT2D eigenvalue weighted by atomic mass is 16.5. The predicted octanol–water partition coefficient (Wildman–Crippen LogP) is 3.03. The number of nitrogens with zero attached hydrogens (tertiary/aromatic N) is 2. The molecule has 4 rings (SSSR count). The van der Waals surface area contributed by atoms with Gasteiger partial charge < -0.3 is 19.3 Å². The van der Waals surface area contributed by atoms with Gasteiger partial charge in [-0.15, -0.1) is 0 Å². The van der Waals surface area contributed by atoms with Gasteiger partial charge in [0.05, 0.1) is 24.2 Å². The summed E-state index contributed by atoms with van der Waals surface area (Å²) in [5, 5.41) is 11.4. The zero-order valence-electron chi connectivity index (χ0n) is 16.4.